The summed E-state index contributed by atoms with van der Waals surface area (Å²) in [4.78, 5) is 0. The Kier molecular flexibility index (Phi) is 8.66. The maximum atomic E-state index is 5.87. The highest BCUT2D eigenvalue weighted by molar-refractivity contribution is 5.44. The lowest BCUT2D eigenvalue weighted by molar-refractivity contribution is 0.482. The van der Waals surface area contributed by atoms with Crippen LogP contribution < -0.4 is 20.9 Å². The highest BCUT2D eigenvalue weighted by atomic mass is 16.5. The molecule has 180 valence electrons. The second kappa shape index (κ2) is 12.5. The summed E-state index contributed by atoms with van der Waals surface area (Å²) in [6.07, 6.45) is 8.45. The predicted octanol–water partition coefficient (Wildman–Crippen LogP) is 8.17. The zero-order chi connectivity index (χ0) is 24.3. The normalized spacial score (nSPS) is 10.7. The van der Waals surface area contributed by atoms with E-state index in [0.717, 1.165) is 47.2 Å². The molecular weight excluding hydrogens is 432 g/mol. The smallest absolute Gasteiger partial charge is 0.127 e. The van der Waals surface area contributed by atoms with E-state index in [-0.39, 0.29) is 0 Å². The molecule has 0 saturated heterocycles. The Morgan fingerprint density at radius 3 is 1.00 bits per heavy atom. The van der Waals surface area contributed by atoms with Gasteiger partial charge in [-0.1, -0.05) is 43.5 Å². The molecule has 0 aliphatic heterocycles. The van der Waals surface area contributed by atoms with Crippen molar-refractivity contribution in [3.8, 4) is 23.0 Å². The molecule has 4 aromatic carbocycles. The summed E-state index contributed by atoms with van der Waals surface area (Å²) in [5, 5.41) is 0. The summed E-state index contributed by atoms with van der Waals surface area (Å²) in [5.74, 6) is 3.30. The molecule has 4 aromatic rings. The quantitative estimate of drug-likeness (QED) is 0.163. The van der Waals surface area contributed by atoms with Gasteiger partial charge in [-0.2, -0.15) is 0 Å². The van der Waals surface area contributed by atoms with Crippen LogP contribution in [-0.4, -0.2) is 0 Å². The molecule has 4 N–H and O–H groups in total. The maximum Gasteiger partial charge on any atom is 0.127 e. The molecule has 0 fully saturated rings. The molecule has 4 nitrogen and oxygen atoms in total. The van der Waals surface area contributed by atoms with Crippen LogP contribution in [0.3, 0.4) is 0 Å². The first kappa shape index (κ1) is 24.2. The van der Waals surface area contributed by atoms with E-state index in [1.807, 2.05) is 72.8 Å². The van der Waals surface area contributed by atoms with Crippen molar-refractivity contribution in [2.24, 2.45) is 0 Å². The number of nitrogen functional groups attached to an aromatic ring is 2. The van der Waals surface area contributed by atoms with Crippen LogP contribution in [0.25, 0.3) is 0 Å². The molecule has 0 bridgehead atoms. The van der Waals surface area contributed by atoms with Crippen molar-refractivity contribution in [1.82, 2.24) is 0 Å². The summed E-state index contributed by atoms with van der Waals surface area (Å²) in [5.41, 5.74) is 15.6. The van der Waals surface area contributed by atoms with Gasteiger partial charge in [0, 0.05) is 11.4 Å². The van der Waals surface area contributed by atoms with Gasteiger partial charge in [0.15, 0.2) is 0 Å². The van der Waals surface area contributed by atoms with Crippen molar-refractivity contribution in [2.75, 3.05) is 11.5 Å². The monoisotopic (exact) mass is 466 g/mol. The topological polar surface area (TPSA) is 70.5 Å². The lowest BCUT2D eigenvalue weighted by atomic mass is 10.0. The van der Waals surface area contributed by atoms with Gasteiger partial charge in [-0.05, 0) is 110 Å². The number of ether oxygens (including phenoxy) is 2. The van der Waals surface area contributed by atoms with Gasteiger partial charge in [-0.3, -0.25) is 0 Å². The van der Waals surface area contributed by atoms with Crippen LogP contribution in [0.2, 0.25) is 0 Å². The van der Waals surface area contributed by atoms with Gasteiger partial charge in [0.25, 0.3) is 0 Å². The number of rotatable bonds is 12. The Hall–Kier alpha value is -3.92. The van der Waals surface area contributed by atoms with Gasteiger partial charge in [-0.15, -0.1) is 0 Å². The molecular formula is C31H34N2O2. The third-order valence-electron chi connectivity index (χ3n) is 6.01. The Morgan fingerprint density at radius 1 is 0.371 bits per heavy atom. The van der Waals surface area contributed by atoms with E-state index in [1.54, 1.807) is 0 Å². The predicted molar refractivity (Wildman–Crippen MR) is 145 cm³/mol. The van der Waals surface area contributed by atoms with E-state index in [4.69, 9.17) is 20.9 Å². The van der Waals surface area contributed by atoms with Crippen molar-refractivity contribution >= 4 is 11.4 Å². The fourth-order valence-electron chi connectivity index (χ4n) is 3.98. The lowest BCUT2D eigenvalue weighted by Crippen LogP contribution is -1.90. The van der Waals surface area contributed by atoms with Crippen LogP contribution in [-0.2, 0) is 12.8 Å². The van der Waals surface area contributed by atoms with Gasteiger partial charge in [0.1, 0.15) is 23.0 Å². The molecule has 0 saturated carbocycles. The number of anilines is 2. The molecule has 35 heavy (non-hydrogen) atoms. The number of hydrogen-bond acceptors (Lipinski definition) is 4. The standard InChI is InChI=1S/C31H34N2O2/c32-26-12-20-30(21-13-26)34-28-16-8-24(9-17-28)6-4-2-1-3-5-7-25-10-18-29(19-11-25)35-31-22-14-27(33)15-23-31/h8-23H,1-7,32-33H2. The van der Waals surface area contributed by atoms with Crippen LogP contribution in [0.4, 0.5) is 11.4 Å². The Labute approximate surface area is 208 Å². The van der Waals surface area contributed by atoms with E-state index in [1.165, 1.54) is 43.2 Å². The molecule has 0 amide bonds. The molecule has 0 radical (unpaired) electrons. The van der Waals surface area contributed by atoms with Crippen molar-refractivity contribution in [2.45, 2.75) is 44.9 Å². The zero-order valence-corrected chi connectivity index (χ0v) is 20.2. The van der Waals surface area contributed by atoms with Crippen LogP contribution in [0.5, 0.6) is 23.0 Å². The van der Waals surface area contributed by atoms with E-state index >= 15 is 0 Å². The molecule has 0 aliphatic carbocycles. The molecule has 0 aliphatic rings. The Morgan fingerprint density at radius 2 is 0.657 bits per heavy atom. The summed E-state index contributed by atoms with van der Waals surface area (Å²) in [7, 11) is 0. The van der Waals surface area contributed by atoms with Crippen LogP contribution in [0.15, 0.2) is 97.1 Å². The van der Waals surface area contributed by atoms with Crippen molar-refractivity contribution < 1.29 is 9.47 Å². The minimum Gasteiger partial charge on any atom is -0.457 e. The Balaban J connectivity index is 1.08. The van der Waals surface area contributed by atoms with E-state index in [2.05, 4.69) is 24.3 Å². The highest BCUT2D eigenvalue weighted by Crippen LogP contribution is 2.24. The number of aryl methyl sites for hydroxylation is 2. The summed E-state index contributed by atoms with van der Waals surface area (Å²) < 4.78 is 11.7. The first-order valence-electron chi connectivity index (χ1n) is 12.4. The third-order valence-corrected chi connectivity index (χ3v) is 6.01. The lowest BCUT2D eigenvalue weighted by Gasteiger charge is -2.08. The summed E-state index contributed by atoms with van der Waals surface area (Å²) in [6.45, 7) is 0. The fraction of sp³-hybridized carbons (Fsp3) is 0.226. The molecule has 0 aromatic heterocycles. The minimum absolute atomic E-state index is 0.739. The van der Waals surface area contributed by atoms with Crippen molar-refractivity contribution in [3.63, 3.8) is 0 Å². The fourth-order valence-corrected chi connectivity index (χ4v) is 3.98. The number of hydrogen-bond donors (Lipinski definition) is 2. The Bertz CT molecular complexity index is 1060. The molecule has 0 atom stereocenters. The summed E-state index contributed by atoms with van der Waals surface area (Å²) >= 11 is 0. The number of nitrogens with two attached hydrogens (primary N) is 2. The van der Waals surface area contributed by atoms with Gasteiger partial charge in [0.2, 0.25) is 0 Å². The average Bonchev–Trinajstić information content (AvgIpc) is 2.88. The second-order valence-corrected chi connectivity index (χ2v) is 8.90. The first-order valence-corrected chi connectivity index (χ1v) is 12.4. The van der Waals surface area contributed by atoms with Gasteiger partial charge < -0.3 is 20.9 Å². The zero-order valence-electron chi connectivity index (χ0n) is 20.2. The SMILES string of the molecule is Nc1ccc(Oc2ccc(CCCCCCCc3ccc(Oc4ccc(N)cc4)cc3)cc2)cc1. The van der Waals surface area contributed by atoms with Crippen LogP contribution >= 0.6 is 0 Å². The van der Waals surface area contributed by atoms with Crippen molar-refractivity contribution in [1.29, 1.82) is 0 Å². The third kappa shape index (κ3) is 8.11. The van der Waals surface area contributed by atoms with E-state index in [9.17, 15) is 0 Å². The van der Waals surface area contributed by atoms with E-state index < -0.39 is 0 Å². The molecule has 0 spiro atoms. The molecule has 0 heterocycles. The second-order valence-electron chi connectivity index (χ2n) is 8.90. The maximum absolute atomic E-state index is 5.87. The first-order chi connectivity index (χ1) is 17.1. The molecule has 4 rings (SSSR count). The van der Waals surface area contributed by atoms with Gasteiger partial charge in [-0.25, -0.2) is 0 Å². The van der Waals surface area contributed by atoms with Crippen molar-refractivity contribution in [3.05, 3.63) is 108 Å². The molecule has 0 unspecified atom stereocenters. The van der Waals surface area contributed by atoms with Crippen LogP contribution in [0, 0.1) is 0 Å². The minimum atomic E-state index is 0.739. The van der Waals surface area contributed by atoms with Gasteiger partial charge in [0.05, 0.1) is 0 Å². The number of unbranched alkanes of at least 4 members (excludes halogenated alkanes) is 4. The molecule has 4 heteroatoms. The van der Waals surface area contributed by atoms with Crippen LogP contribution in [0.1, 0.15) is 43.2 Å². The van der Waals surface area contributed by atoms with Gasteiger partial charge >= 0.3 is 0 Å². The highest BCUT2D eigenvalue weighted by Gasteiger charge is 2.01. The summed E-state index contributed by atoms with van der Waals surface area (Å²) in [6, 6.07) is 31.7. The number of benzene rings is 4. The largest absolute Gasteiger partial charge is 0.457 e. The average molecular weight is 467 g/mol. The van der Waals surface area contributed by atoms with E-state index in [0.29, 0.717) is 0 Å².